The Bertz CT molecular complexity index is 4900. The van der Waals surface area contributed by atoms with Gasteiger partial charge in [-0.15, -0.1) is 0 Å². The van der Waals surface area contributed by atoms with Crippen LogP contribution in [0.4, 0.5) is 0 Å². The van der Waals surface area contributed by atoms with Gasteiger partial charge in [-0.05, 0) is 84.9 Å². The van der Waals surface area contributed by atoms with Crippen molar-refractivity contribution in [2.45, 2.75) is 0 Å². The third-order valence-corrected chi connectivity index (χ3v) is 15.4. The third-order valence-electron chi connectivity index (χ3n) is 15.4. The summed E-state index contributed by atoms with van der Waals surface area (Å²) in [6, 6.07) is 93.4. The van der Waals surface area contributed by atoms with Gasteiger partial charge in [-0.25, -0.2) is 15.0 Å². The summed E-state index contributed by atoms with van der Waals surface area (Å²) in [4.78, 5) is 15.4. The van der Waals surface area contributed by atoms with Crippen molar-refractivity contribution in [1.29, 1.82) is 0 Å². The predicted octanol–water partition coefficient (Wildman–Crippen LogP) is 17.3. The highest BCUT2D eigenvalue weighted by molar-refractivity contribution is 6.28. The molecule has 0 fully saturated rings. The minimum absolute atomic E-state index is 0.613. The van der Waals surface area contributed by atoms with Crippen molar-refractivity contribution >= 4 is 87.2 Å². The Hall–Kier alpha value is -10.4. The van der Waals surface area contributed by atoms with Crippen molar-refractivity contribution in [3.63, 3.8) is 0 Å². The molecule has 0 spiro atoms. The molecule has 0 atom stereocenters. The van der Waals surface area contributed by atoms with E-state index in [2.05, 4.69) is 243 Å². The zero-order valence-corrected chi connectivity index (χ0v) is 41.0. The van der Waals surface area contributed by atoms with E-state index in [1.807, 2.05) is 36.4 Å². The lowest BCUT2D eigenvalue weighted by Crippen LogP contribution is -2.00. The fourth-order valence-electron chi connectivity index (χ4n) is 12.1. The number of rotatable bonds is 7. The molecule has 354 valence electrons. The second kappa shape index (κ2) is 16.6. The normalized spacial score (nSPS) is 11.9. The van der Waals surface area contributed by atoms with Crippen LogP contribution in [-0.4, -0.2) is 33.2 Å². The lowest BCUT2D eigenvalue weighted by molar-refractivity contribution is 1.07. The second-order valence-corrected chi connectivity index (χ2v) is 19.6. The molecule has 7 nitrogen and oxygen atoms in total. The molecule has 0 aliphatic carbocycles. The summed E-state index contributed by atoms with van der Waals surface area (Å²) < 4.78 is 9.82. The first-order chi connectivity index (χ1) is 37.7. The van der Waals surface area contributed by atoms with E-state index in [4.69, 9.17) is 15.0 Å². The van der Waals surface area contributed by atoms with Crippen LogP contribution in [0.3, 0.4) is 0 Å². The summed E-state index contributed by atoms with van der Waals surface area (Å²) in [5, 5.41) is 9.54. The van der Waals surface area contributed by atoms with Gasteiger partial charge < -0.3 is 18.3 Å². The molecule has 0 unspecified atom stereocenters. The van der Waals surface area contributed by atoms with Gasteiger partial charge in [-0.3, -0.25) is 0 Å². The molecule has 5 heterocycles. The summed E-state index contributed by atoms with van der Waals surface area (Å²) in [6.07, 6.45) is 0. The summed E-state index contributed by atoms with van der Waals surface area (Å²) in [6.45, 7) is 0. The van der Waals surface area contributed by atoms with E-state index >= 15 is 0 Å². The van der Waals surface area contributed by atoms with Gasteiger partial charge in [0.1, 0.15) is 0 Å². The lowest BCUT2D eigenvalue weighted by Gasteiger charge is -2.11. The Kier molecular flexibility index (Phi) is 9.20. The molecule has 0 saturated carbocycles. The van der Waals surface area contributed by atoms with Gasteiger partial charge >= 0.3 is 0 Å². The van der Waals surface area contributed by atoms with Crippen LogP contribution in [-0.2, 0) is 0 Å². The number of benzene rings is 11. The fraction of sp³-hybridized carbons (Fsp3) is 0. The van der Waals surface area contributed by atoms with Crippen molar-refractivity contribution in [3.8, 4) is 56.9 Å². The highest BCUT2D eigenvalue weighted by atomic mass is 15.1. The van der Waals surface area contributed by atoms with Gasteiger partial charge in [0, 0.05) is 82.5 Å². The van der Waals surface area contributed by atoms with Gasteiger partial charge in [0.2, 0.25) is 0 Å². The van der Waals surface area contributed by atoms with Crippen LogP contribution < -0.4 is 0 Å². The van der Waals surface area contributed by atoms with Crippen LogP contribution in [0.1, 0.15) is 0 Å². The standard InChI is InChI=1S/C69H43N7/c1-6-20-44(21-7-1)67-70-68(45-22-8-2-9-23-45)72-69(71-67)46-34-36-52-54-38-41-61-64(66(54)76(62(52)42-46)49-28-14-5-15-29-49)56-43-50(35-39-59(56)73(61)47-24-10-3-11-25-47)74-58-33-19-17-31-55(58)63-60(74)40-37-53-51-30-16-18-32-57(51)75(65(53)63)48-26-12-4-13-27-48/h1-43H. The molecule has 0 bridgehead atoms. The number of para-hydroxylation sites is 5. The molecule has 0 aliphatic heterocycles. The average molecular weight is 970 g/mol. The van der Waals surface area contributed by atoms with Gasteiger partial charge in [0.25, 0.3) is 0 Å². The first-order valence-corrected chi connectivity index (χ1v) is 25.8. The van der Waals surface area contributed by atoms with E-state index in [9.17, 15) is 0 Å². The highest BCUT2D eigenvalue weighted by Gasteiger charge is 2.25. The number of hydrogen-bond acceptors (Lipinski definition) is 3. The summed E-state index contributed by atoms with van der Waals surface area (Å²) in [7, 11) is 0. The van der Waals surface area contributed by atoms with E-state index in [0.717, 1.165) is 88.7 Å². The molecule has 0 N–H and O–H groups in total. The van der Waals surface area contributed by atoms with Gasteiger partial charge in [0.15, 0.2) is 17.5 Å². The fourth-order valence-corrected chi connectivity index (χ4v) is 12.1. The molecule has 5 aromatic heterocycles. The number of aromatic nitrogens is 7. The molecular formula is C69H43N7. The molecule has 16 aromatic rings. The average Bonchev–Trinajstić information content (AvgIpc) is 4.26. The Balaban J connectivity index is 0.997. The third kappa shape index (κ3) is 6.26. The summed E-state index contributed by atoms with van der Waals surface area (Å²) >= 11 is 0. The summed E-state index contributed by atoms with van der Waals surface area (Å²) in [5.41, 5.74) is 16.3. The van der Waals surface area contributed by atoms with E-state index < -0.39 is 0 Å². The minimum atomic E-state index is 0.613. The summed E-state index contributed by atoms with van der Waals surface area (Å²) in [5.74, 6) is 1.87. The van der Waals surface area contributed by atoms with Crippen molar-refractivity contribution in [3.05, 3.63) is 261 Å². The molecule has 0 saturated heterocycles. The minimum Gasteiger partial charge on any atom is -0.309 e. The van der Waals surface area contributed by atoms with Crippen LogP contribution in [0.25, 0.3) is 144 Å². The highest BCUT2D eigenvalue weighted by Crippen LogP contribution is 2.46. The Morgan fingerprint density at radius 1 is 0.211 bits per heavy atom. The smallest absolute Gasteiger partial charge is 0.164 e. The first kappa shape index (κ1) is 42.2. The molecule has 7 heteroatoms. The maximum Gasteiger partial charge on any atom is 0.164 e. The van der Waals surface area contributed by atoms with Crippen LogP contribution in [0.2, 0.25) is 0 Å². The molecule has 11 aromatic carbocycles. The van der Waals surface area contributed by atoms with Gasteiger partial charge in [-0.2, -0.15) is 0 Å². The largest absolute Gasteiger partial charge is 0.309 e. The van der Waals surface area contributed by atoms with E-state index in [1.165, 1.54) is 38.0 Å². The van der Waals surface area contributed by atoms with Gasteiger partial charge in [-0.1, -0.05) is 176 Å². The SMILES string of the molecule is c1ccc(-c2nc(-c3ccccc3)nc(-c3ccc4c5ccc6c(c7cc(-n8c9ccccc9c9c8ccc8c%10ccccc%10n(-c%10ccccc%10)c89)ccc7n6-c6ccccc6)c5n(-c5ccccc5)c4c3)n2)cc1. The van der Waals surface area contributed by atoms with Gasteiger partial charge in [0.05, 0.1) is 44.1 Å². The van der Waals surface area contributed by atoms with E-state index in [0.29, 0.717) is 17.5 Å². The Morgan fingerprint density at radius 3 is 1.16 bits per heavy atom. The number of fused-ring (bicyclic) bond motifs is 14. The maximum absolute atomic E-state index is 5.18. The number of hydrogen-bond donors (Lipinski definition) is 0. The van der Waals surface area contributed by atoms with Crippen LogP contribution >= 0.6 is 0 Å². The van der Waals surface area contributed by atoms with Crippen LogP contribution in [0, 0.1) is 0 Å². The first-order valence-electron chi connectivity index (χ1n) is 25.8. The quantitative estimate of drug-likeness (QED) is 0.160. The van der Waals surface area contributed by atoms with Crippen molar-refractivity contribution in [2.75, 3.05) is 0 Å². The van der Waals surface area contributed by atoms with E-state index in [1.54, 1.807) is 0 Å². The monoisotopic (exact) mass is 969 g/mol. The molecule has 0 aliphatic rings. The van der Waals surface area contributed by atoms with Crippen molar-refractivity contribution in [2.24, 2.45) is 0 Å². The Labute approximate surface area is 436 Å². The molecule has 0 amide bonds. The van der Waals surface area contributed by atoms with Crippen LogP contribution in [0.5, 0.6) is 0 Å². The molecule has 16 rings (SSSR count). The number of nitrogens with zero attached hydrogens (tertiary/aromatic N) is 7. The maximum atomic E-state index is 5.18. The van der Waals surface area contributed by atoms with Crippen molar-refractivity contribution in [1.82, 2.24) is 33.2 Å². The molecule has 76 heavy (non-hydrogen) atoms. The van der Waals surface area contributed by atoms with E-state index in [-0.39, 0.29) is 0 Å². The topological polar surface area (TPSA) is 58.4 Å². The van der Waals surface area contributed by atoms with Crippen molar-refractivity contribution < 1.29 is 0 Å². The predicted molar refractivity (Wildman–Crippen MR) is 313 cm³/mol. The molecule has 0 radical (unpaired) electrons. The lowest BCUT2D eigenvalue weighted by atomic mass is 10.1. The van der Waals surface area contributed by atoms with Crippen LogP contribution in [0.15, 0.2) is 261 Å². The molecular weight excluding hydrogens is 927 g/mol. The zero-order valence-electron chi connectivity index (χ0n) is 41.0. The second-order valence-electron chi connectivity index (χ2n) is 19.6. The zero-order chi connectivity index (χ0) is 49.8. The Morgan fingerprint density at radius 2 is 0.592 bits per heavy atom.